The van der Waals surface area contributed by atoms with E-state index >= 15 is 0 Å². The lowest BCUT2D eigenvalue weighted by Crippen LogP contribution is -2.16. The monoisotopic (exact) mass is 489 g/mol. The molecule has 3 heterocycles. The summed E-state index contributed by atoms with van der Waals surface area (Å²) in [6.07, 6.45) is 7.66. The van der Waals surface area contributed by atoms with Gasteiger partial charge in [0.2, 0.25) is 0 Å². The van der Waals surface area contributed by atoms with Crippen molar-refractivity contribution >= 4 is 27.8 Å². The number of rotatable bonds is 3. The lowest BCUT2D eigenvalue weighted by atomic mass is 10.00. The third-order valence-corrected chi connectivity index (χ3v) is 6.70. The number of anilines is 1. The number of H-pyrrole nitrogens is 1. The Morgan fingerprint density at radius 2 is 1.83 bits per heavy atom. The van der Waals surface area contributed by atoms with E-state index in [4.69, 9.17) is 10.8 Å². The van der Waals surface area contributed by atoms with E-state index in [2.05, 4.69) is 26.9 Å². The minimum atomic E-state index is -0.540. The highest BCUT2D eigenvalue weighted by Gasteiger charge is 2.27. The smallest absolute Gasteiger partial charge is 0.261 e. The van der Waals surface area contributed by atoms with Gasteiger partial charge in [-0.2, -0.15) is 5.10 Å². The van der Waals surface area contributed by atoms with Crippen molar-refractivity contribution in [1.82, 2.24) is 29.7 Å². The molecule has 1 atom stereocenters. The first-order valence-electron chi connectivity index (χ1n) is 11.8. The number of nitrogens with zero attached hydrogens (tertiary/aromatic N) is 5. The second kappa shape index (κ2) is 9.80. The third kappa shape index (κ3) is 4.41. The molecule has 6 rings (SSSR count). The average Bonchev–Trinajstić information content (AvgIpc) is 3.54. The molecule has 0 bridgehead atoms. The summed E-state index contributed by atoms with van der Waals surface area (Å²) in [6, 6.07) is 11.0. The van der Waals surface area contributed by atoms with Gasteiger partial charge >= 0.3 is 0 Å². The van der Waals surface area contributed by atoms with Crippen LogP contribution >= 0.6 is 0 Å². The van der Waals surface area contributed by atoms with Crippen LogP contribution in [0.1, 0.15) is 38.6 Å². The molecule has 0 aliphatic heterocycles. The maximum absolute atomic E-state index is 13.7. The summed E-state index contributed by atoms with van der Waals surface area (Å²) in [5.74, 6) is 0.130. The number of nitrogen functional groups attached to an aromatic ring is 1. The Labute approximate surface area is 205 Å². The highest BCUT2D eigenvalue weighted by molar-refractivity contribution is 5.98. The number of hydrogen-bond acceptors (Lipinski definition) is 6. The van der Waals surface area contributed by atoms with Crippen LogP contribution in [-0.2, 0) is 0 Å². The van der Waals surface area contributed by atoms with Gasteiger partial charge in [0.1, 0.15) is 34.9 Å². The van der Waals surface area contributed by atoms with Gasteiger partial charge in [0.25, 0.3) is 5.56 Å². The number of halogens is 2. The Morgan fingerprint density at radius 3 is 2.58 bits per heavy atom. The van der Waals surface area contributed by atoms with Crippen molar-refractivity contribution in [2.45, 2.75) is 38.6 Å². The predicted molar refractivity (Wildman–Crippen MR) is 134 cm³/mol. The molecule has 0 radical (unpaired) electrons. The molecule has 0 amide bonds. The fourth-order valence-electron chi connectivity index (χ4n) is 4.83. The Bertz CT molecular complexity index is 1590. The number of nitrogens with two attached hydrogens (primary N) is 1. The van der Waals surface area contributed by atoms with E-state index < -0.39 is 11.4 Å². The number of benzene rings is 2. The Kier molecular flexibility index (Phi) is 6.41. The van der Waals surface area contributed by atoms with Gasteiger partial charge in [0.05, 0.1) is 23.3 Å². The molecule has 184 valence electrons. The van der Waals surface area contributed by atoms with Crippen LogP contribution in [0.15, 0.2) is 59.9 Å². The lowest BCUT2D eigenvalue weighted by Gasteiger charge is -2.19. The molecule has 1 fully saturated rings. The molecule has 2 aromatic carbocycles. The molecule has 8 nitrogen and oxygen atoms in total. The number of fused-ring (bicyclic) bond motifs is 2. The molecular weight excluding hydrogens is 464 g/mol. The molecule has 0 spiro atoms. The maximum atomic E-state index is 13.7. The summed E-state index contributed by atoms with van der Waals surface area (Å²) >= 11 is 0. The van der Waals surface area contributed by atoms with Crippen molar-refractivity contribution in [1.29, 1.82) is 0 Å². The minimum absolute atomic E-state index is 0.0139. The van der Waals surface area contributed by atoms with Crippen molar-refractivity contribution in [2.75, 3.05) is 5.73 Å². The van der Waals surface area contributed by atoms with Gasteiger partial charge in [-0.05, 0) is 49.9 Å². The van der Waals surface area contributed by atoms with Gasteiger partial charge in [-0.1, -0.05) is 31.0 Å². The summed E-state index contributed by atoms with van der Waals surface area (Å²) in [4.78, 5) is 25.7. The van der Waals surface area contributed by atoms with E-state index in [-0.39, 0.29) is 17.2 Å². The van der Waals surface area contributed by atoms with E-state index in [1.807, 2.05) is 10.7 Å². The van der Waals surface area contributed by atoms with Crippen LogP contribution in [0, 0.1) is 17.6 Å². The molecule has 1 aliphatic carbocycles. The van der Waals surface area contributed by atoms with Gasteiger partial charge in [-0.3, -0.25) is 4.79 Å². The van der Waals surface area contributed by atoms with Crippen molar-refractivity contribution in [3.05, 3.63) is 77.1 Å². The second-order valence-electron chi connectivity index (χ2n) is 8.91. The molecule has 36 heavy (non-hydrogen) atoms. The largest absolute Gasteiger partial charge is 0.383 e. The minimum Gasteiger partial charge on any atom is -0.383 e. The fraction of sp³-hybridized carbons (Fsp3) is 0.269. The van der Waals surface area contributed by atoms with E-state index in [1.165, 1.54) is 62.6 Å². The zero-order valence-electron chi connectivity index (χ0n) is 19.7. The molecule has 3 N–H and O–H groups in total. The molecular formula is C26H25F2N7O. The SMILES string of the molecule is CC(C1CCCC1)n1nc(-c2cccc(F)c2)c2c(N)ncnc21.O=c1[nH]cnc2cccc(F)c12. The van der Waals surface area contributed by atoms with E-state index in [9.17, 15) is 13.6 Å². The number of aromatic nitrogens is 6. The molecule has 1 unspecified atom stereocenters. The third-order valence-electron chi connectivity index (χ3n) is 6.70. The average molecular weight is 490 g/mol. The summed E-state index contributed by atoms with van der Waals surface area (Å²) in [7, 11) is 0. The van der Waals surface area contributed by atoms with E-state index in [0.717, 1.165) is 5.65 Å². The van der Waals surface area contributed by atoms with Gasteiger partial charge in [0, 0.05) is 5.56 Å². The van der Waals surface area contributed by atoms with Crippen LogP contribution < -0.4 is 11.3 Å². The normalized spacial score (nSPS) is 14.6. The summed E-state index contributed by atoms with van der Waals surface area (Å²) < 4.78 is 28.6. The topological polar surface area (TPSA) is 115 Å². The highest BCUT2D eigenvalue weighted by Crippen LogP contribution is 2.38. The molecule has 1 saturated carbocycles. The molecule has 3 aromatic heterocycles. The first kappa shape index (κ1) is 23.5. The van der Waals surface area contributed by atoms with Crippen molar-refractivity contribution in [2.24, 2.45) is 5.92 Å². The Balaban J connectivity index is 0.000000186. The zero-order valence-corrected chi connectivity index (χ0v) is 19.7. The Hall–Kier alpha value is -4.21. The second-order valence-corrected chi connectivity index (χ2v) is 8.91. The van der Waals surface area contributed by atoms with Crippen molar-refractivity contribution in [3.8, 4) is 11.3 Å². The van der Waals surface area contributed by atoms with Crippen LogP contribution in [-0.4, -0.2) is 29.7 Å². The fourth-order valence-corrected chi connectivity index (χ4v) is 4.83. The van der Waals surface area contributed by atoms with Crippen LogP contribution in [0.5, 0.6) is 0 Å². The van der Waals surface area contributed by atoms with Gasteiger partial charge < -0.3 is 10.7 Å². The van der Waals surface area contributed by atoms with E-state index in [1.54, 1.807) is 12.1 Å². The molecule has 5 aromatic rings. The highest BCUT2D eigenvalue weighted by atomic mass is 19.1. The number of nitrogens with one attached hydrogen (secondary N) is 1. The molecule has 0 saturated heterocycles. The van der Waals surface area contributed by atoms with Gasteiger partial charge in [0.15, 0.2) is 5.65 Å². The first-order chi connectivity index (χ1) is 17.4. The number of aromatic amines is 1. The summed E-state index contributed by atoms with van der Waals surface area (Å²) in [5.41, 5.74) is 8.09. The predicted octanol–water partition coefficient (Wildman–Crippen LogP) is 5.03. The zero-order chi connectivity index (χ0) is 25.2. The molecule has 1 aliphatic rings. The first-order valence-corrected chi connectivity index (χ1v) is 11.8. The molecule has 10 heteroatoms. The van der Waals surface area contributed by atoms with Crippen molar-refractivity contribution < 1.29 is 8.78 Å². The quantitative estimate of drug-likeness (QED) is 0.367. The maximum Gasteiger partial charge on any atom is 0.261 e. The summed E-state index contributed by atoms with van der Waals surface area (Å²) in [5, 5.41) is 5.49. The van der Waals surface area contributed by atoms with E-state index in [0.29, 0.717) is 33.9 Å². The summed E-state index contributed by atoms with van der Waals surface area (Å²) in [6.45, 7) is 2.18. The van der Waals surface area contributed by atoms with Gasteiger partial charge in [-0.25, -0.2) is 28.4 Å². The van der Waals surface area contributed by atoms with Crippen LogP contribution in [0.2, 0.25) is 0 Å². The van der Waals surface area contributed by atoms with Gasteiger partial charge in [-0.15, -0.1) is 0 Å². The standard InChI is InChI=1S/C18H20FN5.C8H5FN2O/c1-11(12-5-2-3-6-12)24-18-15(17(20)21-10-22-18)16(23-24)13-7-4-8-14(19)9-13;9-5-2-1-3-6-7(5)8(12)11-4-10-6/h4,7-12H,2-3,5-6H2,1H3,(H2,20,21,22);1-4H,(H,10,11,12). The number of hydrogen-bond donors (Lipinski definition) is 2. The van der Waals surface area contributed by atoms with Crippen molar-refractivity contribution in [3.63, 3.8) is 0 Å². The van der Waals surface area contributed by atoms with Crippen LogP contribution in [0.25, 0.3) is 33.2 Å². The lowest BCUT2D eigenvalue weighted by molar-refractivity contribution is 0.342. The van der Waals surface area contributed by atoms with Crippen LogP contribution in [0.4, 0.5) is 14.6 Å². The van der Waals surface area contributed by atoms with Crippen LogP contribution in [0.3, 0.4) is 0 Å². The Morgan fingerprint density at radius 1 is 1.06 bits per heavy atom.